The minimum absolute atomic E-state index is 0.373. The van der Waals surface area contributed by atoms with Crippen LogP contribution in [0.1, 0.15) is 30.3 Å². The van der Waals surface area contributed by atoms with Crippen LogP contribution in [0.4, 0.5) is 0 Å². The number of aromatic amines is 1. The highest BCUT2D eigenvalue weighted by atomic mass is 16.4. The maximum atomic E-state index is 11.5. The van der Waals surface area contributed by atoms with Crippen LogP contribution in [-0.2, 0) is 4.79 Å². The molecule has 0 aliphatic heterocycles. The molecule has 1 aromatic rings. The van der Waals surface area contributed by atoms with Crippen LogP contribution in [0.25, 0.3) is 0 Å². The van der Waals surface area contributed by atoms with Crippen LogP contribution >= 0.6 is 0 Å². The van der Waals surface area contributed by atoms with Crippen molar-refractivity contribution in [2.45, 2.75) is 25.8 Å². The molecule has 82 valence electrons. The average molecular weight is 210 g/mol. The first-order valence-electron chi connectivity index (χ1n) is 4.82. The van der Waals surface area contributed by atoms with E-state index in [0.717, 1.165) is 0 Å². The highest BCUT2D eigenvalue weighted by molar-refractivity contribution is 5.94. The number of nitrogens with one attached hydrogen (secondary N) is 2. The van der Waals surface area contributed by atoms with Crippen LogP contribution in [0.2, 0.25) is 0 Å². The number of hydrogen-bond donors (Lipinski definition) is 3. The summed E-state index contributed by atoms with van der Waals surface area (Å²) in [5.41, 5.74) is 0.373. The molecule has 1 heterocycles. The van der Waals surface area contributed by atoms with Gasteiger partial charge in [-0.25, -0.2) is 4.79 Å². The van der Waals surface area contributed by atoms with Gasteiger partial charge in [0.25, 0.3) is 5.91 Å². The number of carboxylic acids is 1. The summed E-state index contributed by atoms with van der Waals surface area (Å²) in [6.45, 7) is 1.87. The topological polar surface area (TPSA) is 82.2 Å². The van der Waals surface area contributed by atoms with Gasteiger partial charge in [0.05, 0.1) is 0 Å². The smallest absolute Gasteiger partial charge is 0.326 e. The molecule has 0 radical (unpaired) electrons. The van der Waals surface area contributed by atoms with E-state index < -0.39 is 12.0 Å². The molecule has 1 amide bonds. The van der Waals surface area contributed by atoms with Crippen molar-refractivity contribution in [3.05, 3.63) is 24.0 Å². The third kappa shape index (κ3) is 3.12. The molecule has 5 nitrogen and oxygen atoms in total. The first-order chi connectivity index (χ1) is 7.15. The summed E-state index contributed by atoms with van der Waals surface area (Å²) in [5, 5.41) is 11.3. The number of carbonyl (C=O) groups excluding carboxylic acids is 1. The lowest BCUT2D eigenvalue weighted by atomic mass is 10.1. The molecule has 15 heavy (non-hydrogen) atoms. The number of H-pyrrole nitrogens is 1. The van der Waals surface area contributed by atoms with Crippen molar-refractivity contribution < 1.29 is 14.7 Å². The Morgan fingerprint density at radius 3 is 2.80 bits per heavy atom. The molecule has 0 saturated heterocycles. The summed E-state index contributed by atoms with van der Waals surface area (Å²) in [4.78, 5) is 25.0. The predicted octanol–water partition coefficient (Wildman–Crippen LogP) is 0.998. The van der Waals surface area contributed by atoms with Crippen molar-refractivity contribution in [1.82, 2.24) is 10.3 Å². The largest absolute Gasteiger partial charge is 0.480 e. The molecule has 0 aliphatic rings. The van der Waals surface area contributed by atoms with Crippen molar-refractivity contribution in [1.29, 1.82) is 0 Å². The third-order valence-electron chi connectivity index (χ3n) is 2.02. The average Bonchev–Trinajstić information content (AvgIpc) is 2.69. The van der Waals surface area contributed by atoms with Crippen LogP contribution in [0.15, 0.2) is 18.3 Å². The first-order valence-corrected chi connectivity index (χ1v) is 4.82. The fourth-order valence-corrected chi connectivity index (χ4v) is 1.25. The van der Waals surface area contributed by atoms with E-state index in [4.69, 9.17) is 5.11 Å². The van der Waals surface area contributed by atoms with Crippen molar-refractivity contribution in [3.8, 4) is 0 Å². The van der Waals surface area contributed by atoms with E-state index in [0.29, 0.717) is 18.5 Å². The third-order valence-corrected chi connectivity index (χ3v) is 2.02. The van der Waals surface area contributed by atoms with E-state index in [1.165, 1.54) is 0 Å². The fourth-order valence-electron chi connectivity index (χ4n) is 1.25. The van der Waals surface area contributed by atoms with E-state index in [1.54, 1.807) is 18.3 Å². The first kappa shape index (κ1) is 11.3. The van der Waals surface area contributed by atoms with Crippen molar-refractivity contribution in [2.24, 2.45) is 0 Å². The van der Waals surface area contributed by atoms with E-state index in [1.807, 2.05) is 6.92 Å². The number of aromatic nitrogens is 1. The molecule has 1 aromatic heterocycles. The van der Waals surface area contributed by atoms with Gasteiger partial charge < -0.3 is 15.4 Å². The molecule has 0 aliphatic carbocycles. The molecule has 0 saturated carbocycles. The number of aliphatic carboxylic acids is 1. The summed E-state index contributed by atoms with van der Waals surface area (Å²) in [6, 6.07) is 2.47. The SMILES string of the molecule is CCC[C@H](NC(=O)c1ccc[nH]1)C(=O)O. The second-order valence-electron chi connectivity index (χ2n) is 3.24. The van der Waals surface area contributed by atoms with Gasteiger partial charge in [0, 0.05) is 6.20 Å². The molecular weight excluding hydrogens is 196 g/mol. The molecule has 0 fully saturated rings. The number of amides is 1. The molecule has 1 rings (SSSR count). The van der Waals surface area contributed by atoms with Gasteiger partial charge >= 0.3 is 5.97 Å². The van der Waals surface area contributed by atoms with Crippen LogP contribution in [0, 0.1) is 0 Å². The zero-order valence-electron chi connectivity index (χ0n) is 8.49. The lowest BCUT2D eigenvalue weighted by molar-refractivity contribution is -0.139. The van der Waals surface area contributed by atoms with Crippen molar-refractivity contribution in [3.63, 3.8) is 0 Å². The number of carboxylic acid groups (broad SMARTS) is 1. The molecule has 0 bridgehead atoms. The molecule has 0 aromatic carbocycles. The van der Waals surface area contributed by atoms with Gasteiger partial charge in [-0.3, -0.25) is 4.79 Å². The van der Waals surface area contributed by atoms with E-state index in [9.17, 15) is 9.59 Å². The Labute approximate surface area is 87.5 Å². The molecule has 1 atom stereocenters. The Balaban J connectivity index is 2.59. The summed E-state index contributed by atoms with van der Waals surface area (Å²) in [5.74, 6) is -1.39. The lowest BCUT2D eigenvalue weighted by Crippen LogP contribution is -2.40. The Hall–Kier alpha value is -1.78. The normalized spacial score (nSPS) is 12.1. The highest BCUT2D eigenvalue weighted by Gasteiger charge is 2.19. The fraction of sp³-hybridized carbons (Fsp3) is 0.400. The van der Waals surface area contributed by atoms with E-state index in [2.05, 4.69) is 10.3 Å². The van der Waals surface area contributed by atoms with Gasteiger partial charge in [0.2, 0.25) is 0 Å². The second-order valence-corrected chi connectivity index (χ2v) is 3.24. The van der Waals surface area contributed by atoms with Crippen LogP contribution in [-0.4, -0.2) is 28.0 Å². The standard InChI is InChI=1S/C10H14N2O3/c1-2-4-8(10(14)15)12-9(13)7-5-3-6-11-7/h3,5-6,8,11H,2,4H2,1H3,(H,12,13)(H,14,15)/t8-/m0/s1. The summed E-state index contributed by atoms with van der Waals surface area (Å²) >= 11 is 0. The molecule has 5 heteroatoms. The Bertz CT molecular complexity index is 332. The number of rotatable bonds is 5. The number of carbonyl (C=O) groups is 2. The minimum atomic E-state index is -1.00. The minimum Gasteiger partial charge on any atom is -0.480 e. The number of hydrogen-bond acceptors (Lipinski definition) is 2. The molecule has 0 spiro atoms. The van der Waals surface area contributed by atoms with Gasteiger partial charge in [0.1, 0.15) is 11.7 Å². The van der Waals surface area contributed by atoms with Gasteiger partial charge in [-0.15, -0.1) is 0 Å². The molecule has 0 unspecified atom stereocenters. The van der Waals surface area contributed by atoms with E-state index in [-0.39, 0.29) is 5.91 Å². The molecule has 3 N–H and O–H groups in total. The predicted molar refractivity (Wildman–Crippen MR) is 54.6 cm³/mol. The Morgan fingerprint density at radius 1 is 1.60 bits per heavy atom. The van der Waals surface area contributed by atoms with Gasteiger partial charge in [-0.2, -0.15) is 0 Å². The monoisotopic (exact) mass is 210 g/mol. The summed E-state index contributed by atoms with van der Waals surface area (Å²) < 4.78 is 0. The maximum absolute atomic E-state index is 11.5. The second kappa shape index (κ2) is 5.19. The van der Waals surface area contributed by atoms with Crippen LogP contribution in [0.5, 0.6) is 0 Å². The zero-order chi connectivity index (χ0) is 11.3. The highest BCUT2D eigenvalue weighted by Crippen LogP contribution is 2.00. The van der Waals surface area contributed by atoms with Gasteiger partial charge in [0.15, 0.2) is 0 Å². The maximum Gasteiger partial charge on any atom is 0.326 e. The van der Waals surface area contributed by atoms with Crippen molar-refractivity contribution in [2.75, 3.05) is 0 Å². The Kier molecular flexibility index (Phi) is 3.91. The van der Waals surface area contributed by atoms with Crippen LogP contribution < -0.4 is 5.32 Å². The van der Waals surface area contributed by atoms with Crippen LogP contribution in [0.3, 0.4) is 0 Å². The zero-order valence-corrected chi connectivity index (χ0v) is 8.49. The summed E-state index contributed by atoms with van der Waals surface area (Å²) in [6.07, 6.45) is 2.76. The van der Waals surface area contributed by atoms with Gasteiger partial charge in [-0.1, -0.05) is 13.3 Å². The molecular formula is C10H14N2O3. The lowest BCUT2D eigenvalue weighted by Gasteiger charge is -2.12. The van der Waals surface area contributed by atoms with Gasteiger partial charge in [-0.05, 0) is 18.6 Å². The van der Waals surface area contributed by atoms with Crippen molar-refractivity contribution >= 4 is 11.9 Å². The van der Waals surface area contributed by atoms with E-state index >= 15 is 0 Å². The summed E-state index contributed by atoms with van der Waals surface area (Å²) in [7, 11) is 0. The Morgan fingerprint density at radius 2 is 2.33 bits per heavy atom. The quantitative estimate of drug-likeness (QED) is 0.678.